The number of fused-ring (bicyclic) bond motifs is 1. The zero-order valence-corrected chi connectivity index (χ0v) is 12.9. The highest BCUT2D eigenvalue weighted by Crippen LogP contribution is 2.28. The van der Waals surface area contributed by atoms with E-state index in [2.05, 4.69) is 32.0 Å². The first-order valence-electron chi connectivity index (χ1n) is 6.30. The van der Waals surface area contributed by atoms with Gasteiger partial charge in [-0.25, -0.2) is 0 Å². The van der Waals surface area contributed by atoms with Gasteiger partial charge in [0, 0.05) is 34.9 Å². The van der Waals surface area contributed by atoms with Crippen molar-refractivity contribution in [2.45, 2.75) is 13.5 Å². The Morgan fingerprint density at radius 2 is 2.20 bits per heavy atom. The van der Waals surface area contributed by atoms with Crippen LogP contribution in [-0.4, -0.2) is 14.5 Å². The molecule has 0 N–H and O–H groups in total. The second-order valence-corrected chi connectivity index (χ2v) is 5.53. The van der Waals surface area contributed by atoms with Crippen molar-refractivity contribution < 1.29 is 4.74 Å². The Labute approximate surface area is 125 Å². The minimum absolute atomic E-state index is 0.422. The van der Waals surface area contributed by atoms with Crippen LogP contribution in [0.25, 0.3) is 11.0 Å². The standard InChI is InChI=1S/C15H14BrN3O/c1-10-7-12-13(16)8-19(2)14(12)18-15(10)20-9-11-5-3-4-6-17-11/h3-8H,9H2,1-2H3. The third-order valence-electron chi connectivity index (χ3n) is 3.13. The predicted octanol–water partition coefficient (Wildman–Crippen LogP) is 3.62. The van der Waals surface area contributed by atoms with Crippen molar-refractivity contribution in [3.8, 4) is 5.88 Å². The summed E-state index contributed by atoms with van der Waals surface area (Å²) in [5.74, 6) is 0.650. The van der Waals surface area contributed by atoms with Crippen LogP contribution in [0.4, 0.5) is 0 Å². The first-order valence-corrected chi connectivity index (χ1v) is 7.09. The quantitative estimate of drug-likeness (QED) is 0.735. The van der Waals surface area contributed by atoms with Gasteiger partial charge in [-0.2, -0.15) is 4.98 Å². The van der Waals surface area contributed by atoms with Gasteiger partial charge in [0.25, 0.3) is 0 Å². The zero-order valence-electron chi connectivity index (χ0n) is 11.3. The van der Waals surface area contributed by atoms with E-state index in [1.165, 1.54) is 0 Å². The van der Waals surface area contributed by atoms with Crippen molar-refractivity contribution in [3.63, 3.8) is 0 Å². The highest BCUT2D eigenvalue weighted by molar-refractivity contribution is 9.10. The molecule has 5 heteroatoms. The van der Waals surface area contributed by atoms with E-state index in [0.29, 0.717) is 12.5 Å². The lowest BCUT2D eigenvalue weighted by molar-refractivity contribution is 0.288. The Morgan fingerprint density at radius 1 is 1.35 bits per heavy atom. The van der Waals surface area contributed by atoms with Gasteiger partial charge in [-0.05, 0) is 41.1 Å². The molecule has 0 aromatic carbocycles. The van der Waals surface area contributed by atoms with Crippen LogP contribution in [0.15, 0.2) is 41.1 Å². The highest BCUT2D eigenvalue weighted by Gasteiger charge is 2.11. The van der Waals surface area contributed by atoms with Gasteiger partial charge in [0.05, 0.1) is 5.69 Å². The minimum Gasteiger partial charge on any atom is -0.471 e. The average Bonchev–Trinajstić information content (AvgIpc) is 2.72. The molecule has 0 atom stereocenters. The van der Waals surface area contributed by atoms with Crippen LogP contribution >= 0.6 is 15.9 Å². The summed E-state index contributed by atoms with van der Waals surface area (Å²) < 4.78 is 8.82. The predicted molar refractivity (Wildman–Crippen MR) is 81.7 cm³/mol. The lowest BCUT2D eigenvalue weighted by atomic mass is 10.2. The number of aryl methyl sites for hydroxylation is 2. The number of ether oxygens (including phenoxy) is 1. The van der Waals surface area contributed by atoms with Crippen molar-refractivity contribution in [2.75, 3.05) is 0 Å². The van der Waals surface area contributed by atoms with Gasteiger partial charge >= 0.3 is 0 Å². The number of aromatic nitrogens is 3. The molecule has 0 radical (unpaired) electrons. The van der Waals surface area contributed by atoms with E-state index in [1.807, 2.05) is 42.9 Å². The van der Waals surface area contributed by atoms with Crippen molar-refractivity contribution in [1.82, 2.24) is 14.5 Å². The normalized spacial score (nSPS) is 10.9. The lowest BCUT2D eigenvalue weighted by Gasteiger charge is -2.08. The van der Waals surface area contributed by atoms with Gasteiger partial charge in [-0.15, -0.1) is 0 Å². The second kappa shape index (κ2) is 5.25. The van der Waals surface area contributed by atoms with E-state index in [-0.39, 0.29) is 0 Å². The van der Waals surface area contributed by atoms with E-state index in [0.717, 1.165) is 26.8 Å². The van der Waals surface area contributed by atoms with Gasteiger partial charge in [0.1, 0.15) is 12.3 Å². The number of pyridine rings is 2. The molecule has 3 aromatic rings. The van der Waals surface area contributed by atoms with Gasteiger partial charge in [0.15, 0.2) is 0 Å². The number of halogens is 1. The van der Waals surface area contributed by atoms with Crippen LogP contribution < -0.4 is 4.74 Å². The zero-order chi connectivity index (χ0) is 14.1. The molecule has 3 heterocycles. The fourth-order valence-corrected chi connectivity index (χ4v) is 2.70. The smallest absolute Gasteiger partial charge is 0.218 e. The SMILES string of the molecule is Cc1cc2c(Br)cn(C)c2nc1OCc1ccccn1. The summed E-state index contributed by atoms with van der Waals surface area (Å²) >= 11 is 3.54. The molecule has 0 amide bonds. The third-order valence-corrected chi connectivity index (χ3v) is 3.76. The molecule has 3 aromatic heterocycles. The van der Waals surface area contributed by atoms with E-state index >= 15 is 0 Å². The summed E-state index contributed by atoms with van der Waals surface area (Å²) in [6.45, 7) is 2.42. The highest BCUT2D eigenvalue weighted by atomic mass is 79.9. The fraction of sp³-hybridized carbons (Fsp3) is 0.200. The van der Waals surface area contributed by atoms with Crippen LogP contribution in [0.5, 0.6) is 5.88 Å². The molecular weight excluding hydrogens is 318 g/mol. The molecule has 0 bridgehead atoms. The van der Waals surface area contributed by atoms with Crippen LogP contribution in [-0.2, 0) is 13.7 Å². The minimum atomic E-state index is 0.422. The monoisotopic (exact) mass is 331 g/mol. The van der Waals surface area contributed by atoms with Crippen molar-refractivity contribution in [2.24, 2.45) is 7.05 Å². The molecule has 0 fully saturated rings. The first-order chi connectivity index (χ1) is 9.65. The molecule has 0 unspecified atom stereocenters. The molecule has 102 valence electrons. The molecule has 0 aliphatic carbocycles. The number of hydrogen-bond donors (Lipinski definition) is 0. The Morgan fingerprint density at radius 3 is 2.95 bits per heavy atom. The van der Waals surface area contributed by atoms with Crippen molar-refractivity contribution >= 4 is 27.0 Å². The molecule has 0 aliphatic rings. The Hall–Kier alpha value is -1.88. The maximum atomic E-state index is 5.79. The average molecular weight is 332 g/mol. The summed E-state index contributed by atoms with van der Waals surface area (Å²) in [6.07, 6.45) is 3.76. The molecule has 4 nitrogen and oxygen atoms in total. The van der Waals surface area contributed by atoms with E-state index in [1.54, 1.807) is 6.20 Å². The van der Waals surface area contributed by atoms with E-state index < -0.39 is 0 Å². The van der Waals surface area contributed by atoms with Gasteiger partial charge < -0.3 is 9.30 Å². The molecule has 0 aliphatic heterocycles. The number of rotatable bonds is 3. The van der Waals surface area contributed by atoms with Crippen LogP contribution in [0.1, 0.15) is 11.3 Å². The van der Waals surface area contributed by atoms with Crippen molar-refractivity contribution in [1.29, 1.82) is 0 Å². The molecule has 20 heavy (non-hydrogen) atoms. The number of hydrogen-bond acceptors (Lipinski definition) is 3. The molecule has 0 spiro atoms. The van der Waals surface area contributed by atoms with Crippen LogP contribution in [0.2, 0.25) is 0 Å². The largest absolute Gasteiger partial charge is 0.471 e. The summed E-state index contributed by atoms with van der Waals surface area (Å²) in [7, 11) is 1.97. The topological polar surface area (TPSA) is 39.9 Å². The summed E-state index contributed by atoms with van der Waals surface area (Å²) in [5, 5.41) is 1.09. The molecular formula is C15H14BrN3O. The van der Waals surface area contributed by atoms with Crippen LogP contribution in [0, 0.1) is 6.92 Å². The lowest BCUT2D eigenvalue weighted by Crippen LogP contribution is -2.01. The Kier molecular flexibility index (Phi) is 3.44. The van der Waals surface area contributed by atoms with Gasteiger partial charge in [0.2, 0.25) is 5.88 Å². The molecule has 0 saturated carbocycles. The van der Waals surface area contributed by atoms with Crippen LogP contribution in [0.3, 0.4) is 0 Å². The first kappa shape index (κ1) is 13.1. The Bertz CT molecular complexity index is 753. The fourth-order valence-electron chi connectivity index (χ4n) is 2.10. The summed E-state index contributed by atoms with van der Waals surface area (Å²) in [5.41, 5.74) is 2.81. The van der Waals surface area contributed by atoms with E-state index in [4.69, 9.17) is 4.74 Å². The maximum Gasteiger partial charge on any atom is 0.218 e. The molecule has 3 rings (SSSR count). The van der Waals surface area contributed by atoms with Crippen molar-refractivity contribution in [3.05, 3.63) is 52.4 Å². The van der Waals surface area contributed by atoms with Gasteiger partial charge in [-0.3, -0.25) is 4.98 Å². The number of nitrogens with zero attached hydrogens (tertiary/aromatic N) is 3. The third kappa shape index (κ3) is 2.41. The molecule has 0 saturated heterocycles. The Balaban J connectivity index is 1.91. The maximum absolute atomic E-state index is 5.79. The second-order valence-electron chi connectivity index (χ2n) is 4.68. The summed E-state index contributed by atoms with van der Waals surface area (Å²) in [6, 6.07) is 7.86. The van der Waals surface area contributed by atoms with Gasteiger partial charge in [-0.1, -0.05) is 6.07 Å². The van der Waals surface area contributed by atoms with E-state index in [9.17, 15) is 0 Å². The summed E-state index contributed by atoms with van der Waals surface area (Å²) in [4.78, 5) is 8.84.